The lowest BCUT2D eigenvalue weighted by Crippen LogP contribution is -2.39. The molecule has 2 rings (SSSR count). The minimum atomic E-state index is -0.0383. The van der Waals surface area contributed by atoms with E-state index in [1.165, 1.54) is 0 Å². The van der Waals surface area contributed by atoms with E-state index in [1.54, 1.807) is 24.1 Å². The van der Waals surface area contributed by atoms with E-state index < -0.39 is 0 Å². The second-order valence-electron chi connectivity index (χ2n) is 4.12. The van der Waals surface area contributed by atoms with Gasteiger partial charge in [0.25, 0.3) is 5.91 Å². The van der Waals surface area contributed by atoms with Crippen LogP contribution in [0.25, 0.3) is 0 Å². The van der Waals surface area contributed by atoms with Crippen molar-refractivity contribution in [3.05, 3.63) is 18.0 Å². The molecule has 5 nitrogen and oxygen atoms in total. The summed E-state index contributed by atoms with van der Waals surface area (Å²) in [7, 11) is 1.80. The maximum atomic E-state index is 11.8. The quantitative estimate of drug-likeness (QED) is 0.705. The first-order chi connectivity index (χ1) is 7.16. The highest BCUT2D eigenvalue weighted by atomic mass is 16.1. The molecule has 0 saturated carbocycles. The third kappa shape index (κ3) is 2.18. The second kappa shape index (κ2) is 4.02. The fraction of sp³-hybridized carbons (Fsp3) is 0.600. The minimum absolute atomic E-state index is 0.0383. The van der Waals surface area contributed by atoms with E-state index in [0.717, 1.165) is 13.1 Å². The van der Waals surface area contributed by atoms with Gasteiger partial charge in [-0.1, -0.05) is 6.92 Å². The Kier molecular flexibility index (Phi) is 2.73. The van der Waals surface area contributed by atoms with E-state index in [2.05, 4.69) is 22.7 Å². The number of nitrogens with zero attached hydrogens (tertiary/aromatic N) is 2. The van der Waals surface area contributed by atoms with Crippen LogP contribution in [0.3, 0.4) is 0 Å². The third-order valence-corrected chi connectivity index (χ3v) is 2.80. The Morgan fingerprint density at radius 3 is 3.00 bits per heavy atom. The predicted octanol–water partition coefficient (Wildman–Crippen LogP) is -0.242. The molecule has 0 aromatic carbocycles. The number of amides is 1. The highest BCUT2D eigenvalue weighted by molar-refractivity contribution is 5.93. The first kappa shape index (κ1) is 10.2. The summed E-state index contributed by atoms with van der Waals surface area (Å²) in [5.41, 5.74) is 0.622. The molecule has 5 heteroatoms. The molecule has 1 aliphatic rings. The smallest absolute Gasteiger partial charge is 0.254 e. The number of hydrogen-bond acceptors (Lipinski definition) is 3. The lowest BCUT2D eigenvalue weighted by atomic mass is 10.1. The summed E-state index contributed by atoms with van der Waals surface area (Å²) in [5.74, 6) is 0.453. The van der Waals surface area contributed by atoms with Crippen molar-refractivity contribution >= 4 is 5.91 Å². The first-order valence-corrected chi connectivity index (χ1v) is 5.17. The summed E-state index contributed by atoms with van der Waals surface area (Å²) in [6, 6.07) is 0.234. The van der Waals surface area contributed by atoms with Gasteiger partial charge in [-0.2, -0.15) is 5.10 Å². The molecular formula is C10H16N4O. The number of hydrogen-bond donors (Lipinski definition) is 2. The van der Waals surface area contributed by atoms with E-state index in [-0.39, 0.29) is 11.9 Å². The molecule has 0 spiro atoms. The van der Waals surface area contributed by atoms with Crippen molar-refractivity contribution in [2.45, 2.75) is 13.0 Å². The molecule has 2 heterocycles. The van der Waals surface area contributed by atoms with Crippen LogP contribution in [0.15, 0.2) is 12.4 Å². The number of carbonyl (C=O) groups is 1. The number of aryl methyl sites for hydroxylation is 1. The minimum Gasteiger partial charge on any atom is -0.348 e. The maximum absolute atomic E-state index is 11.8. The van der Waals surface area contributed by atoms with Gasteiger partial charge in [-0.25, -0.2) is 0 Å². The fourth-order valence-corrected chi connectivity index (χ4v) is 1.79. The zero-order valence-electron chi connectivity index (χ0n) is 9.03. The Morgan fingerprint density at radius 2 is 2.47 bits per heavy atom. The van der Waals surface area contributed by atoms with Gasteiger partial charge in [0.1, 0.15) is 0 Å². The number of nitrogens with one attached hydrogen (secondary N) is 2. The Labute approximate surface area is 88.8 Å². The molecule has 0 bridgehead atoms. The molecule has 1 amide bonds. The van der Waals surface area contributed by atoms with Gasteiger partial charge in [0.05, 0.1) is 11.8 Å². The first-order valence-electron chi connectivity index (χ1n) is 5.17. The Morgan fingerprint density at radius 1 is 1.67 bits per heavy atom. The summed E-state index contributed by atoms with van der Waals surface area (Å²) in [6.45, 7) is 3.96. The third-order valence-electron chi connectivity index (χ3n) is 2.80. The number of carbonyl (C=O) groups excluding carboxylic acids is 1. The molecule has 0 aliphatic carbocycles. The van der Waals surface area contributed by atoms with Crippen LogP contribution in [0, 0.1) is 5.92 Å². The summed E-state index contributed by atoms with van der Waals surface area (Å²) in [4.78, 5) is 11.8. The molecule has 2 unspecified atom stereocenters. The van der Waals surface area contributed by atoms with Crippen molar-refractivity contribution < 1.29 is 4.79 Å². The second-order valence-corrected chi connectivity index (χ2v) is 4.12. The van der Waals surface area contributed by atoms with Crippen LogP contribution in [0.4, 0.5) is 0 Å². The SMILES string of the molecule is CC1CNCC1NC(=O)c1cnn(C)c1. The van der Waals surface area contributed by atoms with Gasteiger partial charge >= 0.3 is 0 Å². The van der Waals surface area contributed by atoms with Gasteiger partial charge in [0.15, 0.2) is 0 Å². The van der Waals surface area contributed by atoms with Crippen molar-refractivity contribution in [1.29, 1.82) is 0 Å². The van der Waals surface area contributed by atoms with Crippen LogP contribution in [0.2, 0.25) is 0 Å². The molecule has 82 valence electrons. The zero-order valence-corrected chi connectivity index (χ0v) is 9.03. The average molecular weight is 208 g/mol. The molecule has 0 radical (unpaired) electrons. The van der Waals surface area contributed by atoms with Crippen LogP contribution in [0.1, 0.15) is 17.3 Å². The lowest BCUT2D eigenvalue weighted by molar-refractivity contribution is 0.0933. The Balaban J connectivity index is 1.97. The number of aromatic nitrogens is 2. The van der Waals surface area contributed by atoms with Gasteiger partial charge < -0.3 is 10.6 Å². The summed E-state index contributed by atoms with van der Waals surface area (Å²) < 4.78 is 1.63. The van der Waals surface area contributed by atoms with Crippen LogP contribution in [-0.4, -0.2) is 34.8 Å². The molecule has 1 saturated heterocycles. The maximum Gasteiger partial charge on any atom is 0.254 e. The monoisotopic (exact) mass is 208 g/mol. The molecule has 1 fully saturated rings. The van der Waals surface area contributed by atoms with Gasteiger partial charge in [-0.15, -0.1) is 0 Å². The van der Waals surface area contributed by atoms with Crippen LogP contribution < -0.4 is 10.6 Å². The molecule has 1 aromatic heterocycles. The van der Waals surface area contributed by atoms with Crippen molar-refractivity contribution in [3.63, 3.8) is 0 Å². The summed E-state index contributed by atoms with van der Waals surface area (Å²) in [6.07, 6.45) is 3.31. The van der Waals surface area contributed by atoms with Gasteiger partial charge in [-0.05, 0) is 12.5 Å². The molecule has 15 heavy (non-hydrogen) atoms. The molecule has 2 N–H and O–H groups in total. The van der Waals surface area contributed by atoms with E-state index in [4.69, 9.17) is 0 Å². The van der Waals surface area contributed by atoms with Crippen molar-refractivity contribution in [3.8, 4) is 0 Å². The van der Waals surface area contributed by atoms with Gasteiger partial charge in [-0.3, -0.25) is 9.48 Å². The highest BCUT2D eigenvalue weighted by Gasteiger charge is 2.24. The fourth-order valence-electron chi connectivity index (χ4n) is 1.79. The number of rotatable bonds is 2. The summed E-state index contributed by atoms with van der Waals surface area (Å²) >= 11 is 0. The predicted molar refractivity (Wildman–Crippen MR) is 56.5 cm³/mol. The van der Waals surface area contributed by atoms with Crippen LogP contribution >= 0.6 is 0 Å². The van der Waals surface area contributed by atoms with E-state index in [1.807, 2.05) is 0 Å². The van der Waals surface area contributed by atoms with Crippen LogP contribution in [0.5, 0.6) is 0 Å². The Bertz CT molecular complexity index is 360. The Hall–Kier alpha value is -1.36. The lowest BCUT2D eigenvalue weighted by Gasteiger charge is -2.15. The molecule has 2 atom stereocenters. The van der Waals surface area contributed by atoms with Gasteiger partial charge in [0.2, 0.25) is 0 Å². The molecular weight excluding hydrogens is 192 g/mol. The van der Waals surface area contributed by atoms with Crippen LogP contribution in [-0.2, 0) is 7.05 Å². The van der Waals surface area contributed by atoms with Crippen molar-refractivity contribution in [2.24, 2.45) is 13.0 Å². The zero-order chi connectivity index (χ0) is 10.8. The largest absolute Gasteiger partial charge is 0.348 e. The average Bonchev–Trinajstić information content (AvgIpc) is 2.77. The van der Waals surface area contributed by atoms with Crippen molar-refractivity contribution in [1.82, 2.24) is 20.4 Å². The van der Waals surface area contributed by atoms with E-state index >= 15 is 0 Å². The summed E-state index contributed by atoms with van der Waals surface area (Å²) in [5, 5.41) is 10.2. The highest BCUT2D eigenvalue weighted by Crippen LogP contribution is 2.08. The molecule has 1 aromatic rings. The van der Waals surface area contributed by atoms with Crippen molar-refractivity contribution in [2.75, 3.05) is 13.1 Å². The van der Waals surface area contributed by atoms with E-state index in [9.17, 15) is 4.79 Å². The normalized spacial score (nSPS) is 25.5. The van der Waals surface area contributed by atoms with Gasteiger partial charge in [0, 0.05) is 25.8 Å². The standard InChI is InChI=1S/C10H16N4O/c1-7-3-11-5-9(7)13-10(15)8-4-12-14(2)6-8/h4,6-7,9,11H,3,5H2,1-2H3,(H,13,15). The molecule has 1 aliphatic heterocycles. The van der Waals surface area contributed by atoms with E-state index in [0.29, 0.717) is 11.5 Å². The topological polar surface area (TPSA) is 58.9 Å².